The van der Waals surface area contributed by atoms with Gasteiger partial charge in [0.2, 0.25) is 0 Å². The average Bonchev–Trinajstić information content (AvgIpc) is 2.58. The molecule has 1 aliphatic heterocycles. The Morgan fingerprint density at radius 1 is 1.17 bits per heavy atom. The van der Waals surface area contributed by atoms with E-state index in [-0.39, 0.29) is 11.4 Å². The number of aryl methyl sites for hydroxylation is 1. The Morgan fingerprint density at radius 2 is 1.96 bits per heavy atom. The minimum Gasteiger partial charge on any atom is -0.508 e. The summed E-state index contributed by atoms with van der Waals surface area (Å²) >= 11 is 0. The molecule has 4 nitrogen and oxygen atoms in total. The maximum atomic E-state index is 11.9. The highest BCUT2D eigenvalue weighted by Crippen LogP contribution is 2.29. The molecule has 0 unspecified atom stereocenters. The molecule has 0 saturated carbocycles. The molecule has 3 aromatic rings. The molecular formula is C20H19NO3. The molecule has 0 saturated heterocycles. The largest absolute Gasteiger partial charge is 0.508 e. The van der Waals surface area contributed by atoms with E-state index in [1.165, 1.54) is 11.1 Å². The Labute approximate surface area is 140 Å². The molecular weight excluding hydrogens is 302 g/mol. The summed E-state index contributed by atoms with van der Waals surface area (Å²) in [6.07, 6.45) is 1.02. The Morgan fingerprint density at radius 3 is 2.79 bits per heavy atom. The summed E-state index contributed by atoms with van der Waals surface area (Å²) in [4.78, 5) is 14.3. The summed E-state index contributed by atoms with van der Waals surface area (Å²) < 4.78 is 5.33. The first-order chi connectivity index (χ1) is 11.6. The topological polar surface area (TPSA) is 53.7 Å². The van der Waals surface area contributed by atoms with Crippen LogP contribution in [-0.2, 0) is 19.5 Å². The van der Waals surface area contributed by atoms with E-state index >= 15 is 0 Å². The molecule has 24 heavy (non-hydrogen) atoms. The maximum Gasteiger partial charge on any atom is 0.336 e. The van der Waals surface area contributed by atoms with E-state index in [4.69, 9.17) is 4.42 Å². The van der Waals surface area contributed by atoms with Gasteiger partial charge in [0.25, 0.3) is 0 Å². The molecule has 1 N–H and O–H groups in total. The maximum absolute atomic E-state index is 11.9. The second-order valence-corrected chi connectivity index (χ2v) is 6.41. The van der Waals surface area contributed by atoms with Crippen molar-refractivity contribution in [2.75, 3.05) is 6.54 Å². The van der Waals surface area contributed by atoms with Crippen LogP contribution >= 0.6 is 0 Å². The number of fused-ring (bicyclic) bond motifs is 2. The molecule has 0 atom stereocenters. The van der Waals surface area contributed by atoms with Gasteiger partial charge in [0.15, 0.2) is 0 Å². The predicted octanol–water partition coefficient (Wildman–Crippen LogP) is 3.37. The van der Waals surface area contributed by atoms with E-state index in [0.717, 1.165) is 30.5 Å². The van der Waals surface area contributed by atoms with E-state index in [1.807, 2.05) is 6.07 Å². The normalized spacial score (nSPS) is 14.7. The third-order valence-electron chi connectivity index (χ3n) is 4.82. The third-order valence-corrected chi connectivity index (χ3v) is 4.82. The molecule has 2 heterocycles. The fourth-order valence-electron chi connectivity index (χ4n) is 3.48. The summed E-state index contributed by atoms with van der Waals surface area (Å²) in [5.41, 5.74) is 4.43. The monoisotopic (exact) mass is 321 g/mol. The van der Waals surface area contributed by atoms with Gasteiger partial charge in [-0.1, -0.05) is 24.3 Å². The first kappa shape index (κ1) is 15.0. The van der Waals surface area contributed by atoms with Gasteiger partial charge in [-0.25, -0.2) is 4.79 Å². The lowest BCUT2D eigenvalue weighted by Gasteiger charge is -2.29. The van der Waals surface area contributed by atoms with Gasteiger partial charge in [-0.3, -0.25) is 4.90 Å². The highest BCUT2D eigenvalue weighted by molar-refractivity contribution is 5.84. The summed E-state index contributed by atoms with van der Waals surface area (Å²) in [5, 5.41) is 10.7. The Balaban J connectivity index is 1.71. The van der Waals surface area contributed by atoms with Crippen molar-refractivity contribution < 1.29 is 9.52 Å². The molecule has 1 aliphatic rings. The van der Waals surface area contributed by atoms with E-state index in [9.17, 15) is 9.90 Å². The van der Waals surface area contributed by atoms with Crippen LogP contribution in [0.4, 0.5) is 0 Å². The minimum atomic E-state index is -0.372. The zero-order chi connectivity index (χ0) is 16.7. The molecule has 4 rings (SSSR count). The third kappa shape index (κ3) is 2.59. The highest BCUT2D eigenvalue weighted by atomic mass is 16.4. The SMILES string of the molecule is Cc1c(O)ccc2c(CN3CCc4ccccc4C3)cc(=O)oc12. The van der Waals surface area contributed by atoms with Crippen molar-refractivity contribution in [3.63, 3.8) is 0 Å². The van der Waals surface area contributed by atoms with Gasteiger partial charge >= 0.3 is 5.63 Å². The number of aromatic hydroxyl groups is 1. The van der Waals surface area contributed by atoms with Gasteiger partial charge < -0.3 is 9.52 Å². The van der Waals surface area contributed by atoms with Gasteiger partial charge in [0.05, 0.1) is 0 Å². The summed E-state index contributed by atoms with van der Waals surface area (Å²) in [5.74, 6) is 0.148. The van der Waals surface area contributed by atoms with Crippen molar-refractivity contribution in [3.8, 4) is 5.75 Å². The van der Waals surface area contributed by atoms with Gasteiger partial charge in [-0.15, -0.1) is 0 Å². The van der Waals surface area contributed by atoms with Crippen LogP contribution in [0, 0.1) is 6.92 Å². The molecule has 4 heteroatoms. The lowest BCUT2D eigenvalue weighted by molar-refractivity contribution is 0.246. The minimum absolute atomic E-state index is 0.148. The Kier molecular flexibility index (Phi) is 3.62. The Hall–Kier alpha value is -2.59. The van der Waals surface area contributed by atoms with Crippen molar-refractivity contribution in [1.29, 1.82) is 0 Å². The quantitative estimate of drug-likeness (QED) is 0.735. The number of phenols is 1. The summed E-state index contributed by atoms with van der Waals surface area (Å²) in [7, 11) is 0. The van der Waals surface area contributed by atoms with Crippen LogP contribution < -0.4 is 5.63 Å². The lowest BCUT2D eigenvalue weighted by atomic mass is 9.99. The predicted molar refractivity (Wildman–Crippen MR) is 93.1 cm³/mol. The fraction of sp³-hybridized carbons (Fsp3) is 0.250. The molecule has 0 aliphatic carbocycles. The van der Waals surface area contributed by atoms with Gasteiger partial charge in [0, 0.05) is 36.7 Å². The fourth-order valence-corrected chi connectivity index (χ4v) is 3.48. The standard InChI is InChI=1S/C20H19NO3/c1-13-18(22)7-6-17-16(10-19(23)24-20(13)17)12-21-9-8-14-4-2-3-5-15(14)11-21/h2-7,10,22H,8-9,11-12H2,1H3. The molecule has 0 fully saturated rings. The van der Waals surface area contributed by atoms with Crippen LogP contribution in [0.2, 0.25) is 0 Å². The zero-order valence-electron chi connectivity index (χ0n) is 13.6. The van der Waals surface area contributed by atoms with Crippen molar-refractivity contribution in [3.05, 3.63) is 75.1 Å². The number of benzene rings is 2. The van der Waals surface area contributed by atoms with E-state index in [1.54, 1.807) is 19.1 Å². The zero-order valence-corrected chi connectivity index (χ0v) is 13.6. The van der Waals surface area contributed by atoms with E-state index < -0.39 is 0 Å². The smallest absolute Gasteiger partial charge is 0.336 e. The van der Waals surface area contributed by atoms with Crippen LogP contribution in [0.25, 0.3) is 11.0 Å². The molecule has 0 amide bonds. The molecule has 1 aromatic heterocycles. The summed E-state index contributed by atoms with van der Waals surface area (Å²) in [6, 6.07) is 13.6. The van der Waals surface area contributed by atoms with Crippen LogP contribution in [-0.4, -0.2) is 16.6 Å². The van der Waals surface area contributed by atoms with Crippen molar-refractivity contribution in [2.24, 2.45) is 0 Å². The number of hydrogen-bond acceptors (Lipinski definition) is 4. The summed E-state index contributed by atoms with van der Waals surface area (Å²) in [6.45, 7) is 4.31. The second kappa shape index (κ2) is 5.80. The molecule has 0 bridgehead atoms. The van der Waals surface area contributed by atoms with Crippen molar-refractivity contribution in [2.45, 2.75) is 26.4 Å². The number of phenolic OH excluding ortho intramolecular Hbond substituents is 1. The van der Waals surface area contributed by atoms with Gasteiger partial charge in [0.1, 0.15) is 11.3 Å². The van der Waals surface area contributed by atoms with Crippen LogP contribution in [0.5, 0.6) is 5.75 Å². The van der Waals surface area contributed by atoms with Crippen LogP contribution in [0.3, 0.4) is 0 Å². The lowest BCUT2D eigenvalue weighted by Crippen LogP contribution is -2.30. The average molecular weight is 321 g/mol. The molecule has 2 aromatic carbocycles. The number of hydrogen-bond donors (Lipinski definition) is 1. The first-order valence-corrected chi connectivity index (χ1v) is 8.16. The van der Waals surface area contributed by atoms with Gasteiger partial charge in [-0.2, -0.15) is 0 Å². The van der Waals surface area contributed by atoms with Crippen LogP contribution in [0.15, 0.2) is 51.7 Å². The number of rotatable bonds is 2. The van der Waals surface area contributed by atoms with Crippen molar-refractivity contribution >= 4 is 11.0 Å². The van der Waals surface area contributed by atoms with Crippen molar-refractivity contribution in [1.82, 2.24) is 4.90 Å². The van der Waals surface area contributed by atoms with E-state index in [0.29, 0.717) is 17.7 Å². The number of nitrogens with zero attached hydrogens (tertiary/aromatic N) is 1. The van der Waals surface area contributed by atoms with Gasteiger partial charge in [-0.05, 0) is 42.2 Å². The highest BCUT2D eigenvalue weighted by Gasteiger charge is 2.18. The van der Waals surface area contributed by atoms with E-state index in [2.05, 4.69) is 29.2 Å². The molecule has 0 spiro atoms. The Bertz CT molecular complexity index is 974. The molecule has 122 valence electrons. The second-order valence-electron chi connectivity index (χ2n) is 6.41. The first-order valence-electron chi connectivity index (χ1n) is 8.16. The molecule has 0 radical (unpaired) electrons. The van der Waals surface area contributed by atoms with Crippen LogP contribution in [0.1, 0.15) is 22.3 Å².